The number of rotatable bonds is 2. The molecular formula is C11H11BrFNO3. The number of hydrogen-bond acceptors (Lipinski definition) is 3. The fourth-order valence-corrected chi connectivity index (χ4v) is 1.68. The minimum Gasteiger partial charge on any atom is -0.376 e. The lowest BCUT2D eigenvalue weighted by Gasteiger charge is -2.22. The number of anilines is 1. The van der Waals surface area contributed by atoms with Crippen molar-refractivity contribution in [2.45, 2.75) is 6.10 Å². The molecule has 1 aliphatic heterocycles. The molecule has 1 saturated heterocycles. The third kappa shape index (κ3) is 3.24. The molecule has 1 atom stereocenters. The predicted octanol–water partition coefficient (Wildman–Crippen LogP) is 1.94. The van der Waals surface area contributed by atoms with E-state index in [0.717, 1.165) is 0 Å². The SMILES string of the molecule is O=C(Nc1ccc(Br)c(F)c1)C1COCCO1. The summed E-state index contributed by atoms with van der Waals surface area (Å²) in [7, 11) is 0. The van der Waals surface area contributed by atoms with Crippen LogP contribution >= 0.6 is 15.9 Å². The van der Waals surface area contributed by atoms with Gasteiger partial charge in [-0.25, -0.2) is 4.39 Å². The van der Waals surface area contributed by atoms with Gasteiger partial charge in [0.25, 0.3) is 5.91 Å². The highest BCUT2D eigenvalue weighted by atomic mass is 79.9. The van der Waals surface area contributed by atoms with Crippen LogP contribution in [0.5, 0.6) is 0 Å². The van der Waals surface area contributed by atoms with Crippen LogP contribution in [0.1, 0.15) is 0 Å². The van der Waals surface area contributed by atoms with Crippen LogP contribution in [0.25, 0.3) is 0 Å². The summed E-state index contributed by atoms with van der Waals surface area (Å²) in [5.41, 5.74) is 0.393. The number of ether oxygens (including phenoxy) is 2. The van der Waals surface area contributed by atoms with Gasteiger partial charge in [0.05, 0.1) is 24.3 Å². The molecule has 1 fully saturated rings. The van der Waals surface area contributed by atoms with Crippen LogP contribution in [-0.2, 0) is 14.3 Å². The van der Waals surface area contributed by atoms with E-state index >= 15 is 0 Å². The lowest BCUT2D eigenvalue weighted by atomic mass is 10.2. The van der Waals surface area contributed by atoms with Crippen molar-refractivity contribution in [2.24, 2.45) is 0 Å². The highest BCUT2D eigenvalue weighted by molar-refractivity contribution is 9.10. The van der Waals surface area contributed by atoms with Gasteiger partial charge in [0, 0.05) is 5.69 Å². The second kappa shape index (κ2) is 5.57. The highest BCUT2D eigenvalue weighted by Gasteiger charge is 2.22. The van der Waals surface area contributed by atoms with Crippen LogP contribution in [-0.4, -0.2) is 31.8 Å². The smallest absolute Gasteiger partial charge is 0.255 e. The normalized spacial score (nSPS) is 20.0. The van der Waals surface area contributed by atoms with Crippen LogP contribution in [0.15, 0.2) is 22.7 Å². The first-order chi connectivity index (χ1) is 8.16. The van der Waals surface area contributed by atoms with Crippen LogP contribution in [0.2, 0.25) is 0 Å². The van der Waals surface area contributed by atoms with Crippen LogP contribution in [0, 0.1) is 5.82 Å². The number of carbonyl (C=O) groups is 1. The van der Waals surface area contributed by atoms with Gasteiger partial charge in [-0.2, -0.15) is 0 Å². The van der Waals surface area contributed by atoms with Crippen molar-refractivity contribution in [3.05, 3.63) is 28.5 Å². The largest absolute Gasteiger partial charge is 0.376 e. The van der Waals surface area contributed by atoms with E-state index in [-0.39, 0.29) is 12.5 Å². The maximum absolute atomic E-state index is 13.2. The Kier molecular flexibility index (Phi) is 4.09. The summed E-state index contributed by atoms with van der Waals surface area (Å²) >= 11 is 3.04. The molecule has 92 valence electrons. The monoisotopic (exact) mass is 303 g/mol. The molecule has 1 unspecified atom stereocenters. The molecule has 0 aliphatic carbocycles. The van der Waals surface area contributed by atoms with Crippen molar-refractivity contribution >= 4 is 27.5 Å². The summed E-state index contributed by atoms with van der Waals surface area (Å²) in [5, 5.41) is 2.57. The first kappa shape index (κ1) is 12.5. The second-order valence-electron chi connectivity index (χ2n) is 3.55. The van der Waals surface area contributed by atoms with Crippen molar-refractivity contribution in [3.63, 3.8) is 0 Å². The molecule has 1 heterocycles. The van der Waals surface area contributed by atoms with E-state index in [4.69, 9.17) is 9.47 Å². The number of carbonyl (C=O) groups excluding carboxylic acids is 1. The summed E-state index contributed by atoms with van der Waals surface area (Å²) in [5.74, 6) is -0.755. The number of halogens is 2. The quantitative estimate of drug-likeness (QED) is 0.908. The Labute approximate surface area is 106 Å². The van der Waals surface area contributed by atoms with E-state index in [9.17, 15) is 9.18 Å². The van der Waals surface area contributed by atoms with E-state index in [1.54, 1.807) is 6.07 Å². The van der Waals surface area contributed by atoms with E-state index in [1.165, 1.54) is 12.1 Å². The summed E-state index contributed by atoms with van der Waals surface area (Å²) in [6, 6.07) is 4.38. The zero-order chi connectivity index (χ0) is 12.3. The van der Waals surface area contributed by atoms with Crippen LogP contribution < -0.4 is 5.32 Å². The van der Waals surface area contributed by atoms with Gasteiger partial charge in [0.2, 0.25) is 0 Å². The number of nitrogens with one attached hydrogen (secondary N) is 1. The summed E-state index contributed by atoms with van der Waals surface area (Å²) in [4.78, 5) is 11.7. The Morgan fingerprint density at radius 1 is 1.47 bits per heavy atom. The Morgan fingerprint density at radius 2 is 2.29 bits per heavy atom. The average Bonchev–Trinajstić information content (AvgIpc) is 2.35. The van der Waals surface area contributed by atoms with Gasteiger partial charge in [0.15, 0.2) is 6.10 Å². The summed E-state index contributed by atoms with van der Waals surface area (Å²) in [6.45, 7) is 1.12. The Balaban J connectivity index is 1.99. The minimum absolute atomic E-state index is 0.227. The van der Waals surface area contributed by atoms with Crippen LogP contribution in [0.4, 0.5) is 10.1 Å². The average molecular weight is 304 g/mol. The molecule has 2 rings (SSSR count). The lowest BCUT2D eigenvalue weighted by molar-refractivity contribution is -0.142. The van der Waals surface area contributed by atoms with E-state index < -0.39 is 11.9 Å². The molecule has 0 spiro atoms. The molecule has 0 saturated carbocycles. The van der Waals surface area contributed by atoms with E-state index in [2.05, 4.69) is 21.2 Å². The Bertz CT molecular complexity index is 421. The Morgan fingerprint density at radius 3 is 2.94 bits per heavy atom. The summed E-state index contributed by atoms with van der Waals surface area (Å²) in [6.07, 6.45) is -0.629. The van der Waals surface area contributed by atoms with Gasteiger partial charge in [-0.1, -0.05) is 0 Å². The third-order valence-electron chi connectivity index (χ3n) is 2.30. The molecule has 0 bridgehead atoms. The van der Waals surface area contributed by atoms with Gasteiger partial charge in [-0.3, -0.25) is 4.79 Å². The maximum atomic E-state index is 13.2. The zero-order valence-corrected chi connectivity index (χ0v) is 10.5. The molecular weight excluding hydrogens is 293 g/mol. The van der Waals surface area contributed by atoms with Gasteiger partial charge < -0.3 is 14.8 Å². The molecule has 1 N–H and O–H groups in total. The van der Waals surface area contributed by atoms with Crippen molar-refractivity contribution < 1.29 is 18.7 Å². The molecule has 4 nitrogen and oxygen atoms in total. The third-order valence-corrected chi connectivity index (χ3v) is 2.94. The second-order valence-corrected chi connectivity index (χ2v) is 4.41. The fourth-order valence-electron chi connectivity index (χ4n) is 1.44. The van der Waals surface area contributed by atoms with Gasteiger partial charge in [-0.15, -0.1) is 0 Å². The molecule has 17 heavy (non-hydrogen) atoms. The van der Waals surface area contributed by atoms with E-state index in [1.807, 2.05) is 0 Å². The van der Waals surface area contributed by atoms with Gasteiger partial charge in [-0.05, 0) is 34.1 Å². The fraction of sp³-hybridized carbons (Fsp3) is 0.364. The van der Waals surface area contributed by atoms with Gasteiger partial charge in [0.1, 0.15) is 5.82 Å². The van der Waals surface area contributed by atoms with Crippen molar-refractivity contribution in [3.8, 4) is 0 Å². The molecule has 1 aromatic rings. The topological polar surface area (TPSA) is 47.6 Å². The first-order valence-corrected chi connectivity index (χ1v) is 5.91. The van der Waals surface area contributed by atoms with Crippen molar-refractivity contribution in [2.75, 3.05) is 25.1 Å². The number of hydrogen-bond donors (Lipinski definition) is 1. The predicted molar refractivity (Wildman–Crippen MR) is 63.3 cm³/mol. The molecule has 1 aliphatic rings. The Hall–Kier alpha value is -0.980. The van der Waals surface area contributed by atoms with Crippen molar-refractivity contribution in [1.29, 1.82) is 0 Å². The molecule has 0 radical (unpaired) electrons. The van der Waals surface area contributed by atoms with Crippen molar-refractivity contribution in [1.82, 2.24) is 0 Å². The van der Waals surface area contributed by atoms with E-state index in [0.29, 0.717) is 23.4 Å². The number of amides is 1. The molecule has 6 heteroatoms. The zero-order valence-electron chi connectivity index (χ0n) is 8.91. The maximum Gasteiger partial charge on any atom is 0.255 e. The molecule has 1 aromatic carbocycles. The lowest BCUT2D eigenvalue weighted by Crippen LogP contribution is -2.39. The van der Waals surface area contributed by atoms with Gasteiger partial charge >= 0.3 is 0 Å². The first-order valence-electron chi connectivity index (χ1n) is 5.12. The number of benzene rings is 1. The molecule has 0 aromatic heterocycles. The summed E-state index contributed by atoms with van der Waals surface area (Å²) < 4.78 is 23.9. The van der Waals surface area contributed by atoms with Crippen LogP contribution in [0.3, 0.4) is 0 Å². The minimum atomic E-state index is -0.629. The highest BCUT2D eigenvalue weighted by Crippen LogP contribution is 2.19. The molecule has 1 amide bonds. The standard InChI is InChI=1S/C11H11BrFNO3/c12-8-2-1-7(5-9(8)13)14-11(15)10-6-16-3-4-17-10/h1-2,5,10H,3-4,6H2,(H,14,15).